The Balaban J connectivity index is 1.86. The van der Waals surface area contributed by atoms with Gasteiger partial charge in [0, 0.05) is 24.4 Å². The van der Waals surface area contributed by atoms with Crippen molar-refractivity contribution in [1.29, 1.82) is 0 Å². The number of carbonyl (C=O) groups excluding carboxylic acids is 2. The average Bonchev–Trinajstić information content (AvgIpc) is 3.00. The van der Waals surface area contributed by atoms with Crippen molar-refractivity contribution in [2.24, 2.45) is 0 Å². The Kier molecular flexibility index (Phi) is 5.78. The molecule has 1 aliphatic rings. The fourth-order valence-corrected chi connectivity index (χ4v) is 4.10. The van der Waals surface area contributed by atoms with Gasteiger partial charge in [-0.2, -0.15) is 0 Å². The zero-order valence-corrected chi connectivity index (χ0v) is 14.9. The van der Waals surface area contributed by atoms with Crippen LogP contribution in [0, 0.1) is 0 Å². The van der Waals surface area contributed by atoms with E-state index in [2.05, 4.69) is 10.3 Å². The third-order valence-corrected chi connectivity index (χ3v) is 5.25. The monoisotopic (exact) mass is 360 g/mol. The molecule has 0 saturated carbocycles. The van der Waals surface area contributed by atoms with Gasteiger partial charge in [-0.1, -0.05) is 0 Å². The Morgan fingerprint density at radius 1 is 1.28 bits per heavy atom. The van der Waals surface area contributed by atoms with E-state index in [9.17, 15) is 9.59 Å². The molecular formula is C18H20N2O4S. The largest absolute Gasteiger partial charge is 0.460 e. The zero-order valence-electron chi connectivity index (χ0n) is 14.0. The molecule has 0 atom stereocenters. The number of anilines is 1. The highest BCUT2D eigenvalue weighted by atomic mass is 32.1. The first kappa shape index (κ1) is 17.6. The minimum absolute atomic E-state index is 0.190. The summed E-state index contributed by atoms with van der Waals surface area (Å²) in [5.74, 6) is -0.685. The molecule has 2 heterocycles. The number of rotatable bonds is 6. The minimum atomic E-state index is -0.405. The van der Waals surface area contributed by atoms with Crippen molar-refractivity contribution in [3.63, 3.8) is 0 Å². The van der Waals surface area contributed by atoms with Crippen molar-refractivity contribution in [1.82, 2.24) is 4.98 Å². The van der Waals surface area contributed by atoms with Crippen LogP contribution in [0.3, 0.4) is 0 Å². The lowest BCUT2D eigenvalue weighted by Crippen LogP contribution is -2.17. The second kappa shape index (κ2) is 8.22. The van der Waals surface area contributed by atoms with Gasteiger partial charge >= 0.3 is 5.97 Å². The van der Waals surface area contributed by atoms with E-state index in [-0.39, 0.29) is 12.5 Å². The summed E-state index contributed by atoms with van der Waals surface area (Å²) in [6, 6.07) is 3.39. The molecule has 1 N–H and O–H groups in total. The molecule has 0 aromatic carbocycles. The number of nitrogens with one attached hydrogen (secondary N) is 1. The summed E-state index contributed by atoms with van der Waals surface area (Å²) in [5.41, 5.74) is 1.96. The highest BCUT2D eigenvalue weighted by molar-refractivity contribution is 7.17. The van der Waals surface area contributed by atoms with Gasteiger partial charge in [0.15, 0.2) is 0 Å². The normalized spacial score (nSPS) is 13.2. The third-order valence-electron chi connectivity index (χ3n) is 4.05. The van der Waals surface area contributed by atoms with Crippen LogP contribution in [0.15, 0.2) is 24.5 Å². The van der Waals surface area contributed by atoms with Crippen molar-refractivity contribution >= 4 is 28.2 Å². The van der Waals surface area contributed by atoms with Crippen LogP contribution in [0.1, 0.15) is 44.0 Å². The minimum Gasteiger partial charge on any atom is -0.460 e. The van der Waals surface area contributed by atoms with Crippen LogP contribution < -0.4 is 5.32 Å². The SMILES string of the molecule is COCCOC(=O)c1c(NC(=O)c2cccnc2)sc2c1CCCC2. The molecule has 0 aliphatic heterocycles. The Morgan fingerprint density at radius 2 is 2.12 bits per heavy atom. The molecule has 132 valence electrons. The Labute approximate surface area is 150 Å². The molecule has 7 heteroatoms. The Bertz CT molecular complexity index is 758. The number of amides is 1. The first-order chi connectivity index (χ1) is 12.2. The number of thiophene rings is 1. The van der Waals surface area contributed by atoms with Gasteiger partial charge in [0.1, 0.15) is 11.6 Å². The van der Waals surface area contributed by atoms with E-state index in [0.717, 1.165) is 36.1 Å². The summed E-state index contributed by atoms with van der Waals surface area (Å²) < 4.78 is 10.2. The van der Waals surface area contributed by atoms with Crippen LogP contribution in [-0.4, -0.2) is 37.2 Å². The molecule has 0 unspecified atom stereocenters. The standard InChI is InChI=1S/C18H20N2O4S/c1-23-9-10-24-18(22)15-13-6-2-3-7-14(13)25-17(15)20-16(21)12-5-4-8-19-11-12/h4-5,8,11H,2-3,6-7,9-10H2,1H3,(H,20,21). The predicted molar refractivity (Wildman–Crippen MR) is 95.3 cm³/mol. The topological polar surface area (TPSA) is 77.5 Å². The van der Waals surface area contributed by atoms with E-state index in [4.69, 9.17) is 9.47 Å². The van der Waals surface area contributed by atoms with E-state index in [1.807, 2.05) is 0 Å². The quantitative estimate of drug-likeness (QED) is 0.633. The number of aryl methyl sites for hydroxylation is 1. The van der Waals surface area contributed by atoms with Gasteiger partial charge in [0.05, 0.1) is 17.7 Å². The van der Waals surface area contributed by atoms with Crippen LogP contribution in [0.4, 0.5) is 5.00 Å². The molecule has 2 aromatic heterocycles. The van der Waals surface area contributed by atoms with Crippen molar-refractivity contribution in [3.8, 4) is 0 Å². The van der Waals surface area contributed by atoms with E-state index in [1.165, 1.54) is 17.5 Å². The van der Waals surface area contributed by atoms with Gasteiger partial charge in [-0.3, -0.25) is 9.78 Å². The molecule has 25 heavy (non-hydrogen) atoms. The van der Waals surface area contributed by atoms with Gasteiger partial charge in [0.25, 0.3) is 5.91 Å². The van der Waals surface area contributed by atoms with E-state index < -0.39 is 5.97 Å². The van der Waals surface area contributed by atoms with Crippen molar-refractivity contribution < 1.29 is 19.1 Å². The summed E-state index contributed by atoms with van der Waals surface area (Å²) >= 11 is 1.47. The number of nitrogens with zero attached hydrogens (tertiary/aromatic N) is 1. The van der Waals surface area contributed by atoms with Gasteiger partial charge in [-0.25, -0.2) is 4.79 Å². The lowest BCUT2D eigenvalue weighted by Gasteiger charge is -2.12. The number of methoxy groups -OCH3 is 1. The lowest BCUT2D eigenvalue weighted by atomic mass is 9.95. The highest BCUT2D eigenvalue weighted by Crippen LogP contribution is 2.38. The molecule has 1 aliphatic carbocycles. The molecular weight excluding hydrogens is 340 g/mol. The highest BCUT2D eigenvalue weighted by Gasteiger charge is 2.27. The summed E-state index contributed by atoms with van der Waals surface area (Å²) in [4.78, 5) is 30.1. The molecule has 0 radical (unpaired) electrons. The average molecular weight is 360 g/mol. The molecule has 0 bridgehead atoms. The van der Waals surface area contributed by atoms with Gasteiger partial charge in [0.2, 0.25) is 0 Å². The maximum absolute atomic E-state index is 12.6. The Hall–Kier alpha value is -2.25. The number of hydrogen-bond acceptors (Lipinski definition) is 6. The second-order valence-corrected chi connectivity index (χ2v) is 6.84. The fraction of sp³-hybridized carbons (Fsp3) is 0.389. The van der Waals surface area contributed by atoms with Crippen LogP contribution in [0.5, 0.6) is 0 Å². The molecule has 0 spiro atoms. The first-order valence-corrected chi connectivity index (χ1v) is 9.04. The maximum atomic E-state index is 12.6. The third kappa shape index (κ3) is 4.05. The number of aromatic nitrogens is 1. The van der Waals surface area contributed by atoms with Crippen molar-refractivity contribution in [3.05, 3.63) is 46.1 Å². The Morgan fingerprint density at radius 3 is 2.88 bits per heavy atom. The number of pyridine rings is 1. The van der Waals surface area contributed by atoms with Crippen LogP contribution in [0.25, 0.3) is 0 Å². The molecule has 3 rings (SSSR count). The van der Waals surface area contributed by atoms with Crippen molar-refractivity contribution in [2.45, 2.75) is 25.7 Å². The fourth-order valence-electron chi connectivity index (χ4n) is 2.83. The maximum Gasteiger partial charge on any atom is 0.341 e. The van der Waals surface area contributed by atoms with Crippen LogP contribution in [0.2, 0.25) is 0 Å². The zero-order chi connectivity index (χ0) is 17.6. The first-order valence-electron chi connectivity index (χ1n) is 8.22. The van der Waals surface area contributed by atoms with Gasteiger partial charge in [-0.15, -0.1) is 11.3 Å². The van der Waals surface area contributed by atoms with Crippen molar-refractivity contribution in [2.75, 3.05) is 25.6 Å². The van der Waals surface area contributed by atoms with E-state index >= 15 is 0 Å². The van der Waals surface area contributed by atoms with E-state index in [1.54, 1.807) is 25.4 Å². The summed E-state index contributed by atoms with van der Waals surface area (Å²) in [6.45, 7) is 0.533. The molecule has 0 saturated heterocycles. The molecule has 1 amide bonds. The van der Waals surface area contributed by atoms with Crippen LogP contribution in [-0.2, 0) is 22.3 Å². The molecule has 2 aromatic rings. The number of fused-ring (bicyclic) bond motifs is 1. The molecule has 0 fully saturated rings. The number of ether oxygens (including phenoxy) is 2. The second-order valence-electron chi connectivity index (χ2n) is 5.74. The molecule has 6 nitrogen and oxygen atoms in total. The summed E-state index contributed by atoms with van der Waals surface area (Å²) in [7, 11) is 1.56. The predicted octanol–water partition coefficient (Wildman–Crippen LogP) is 3.08. The summed E-state index contributed by atoms with van der Waals surface area (Å²) in [5, 5.41) is 3.42. The summed E-state index contributed by atoms with van der Waals surface area (Å²) in [6.07, 6.45) is 7.02. The van der Waals surface area contributed by atoms with Gasteiger partial charge in [-0.05, 0) is 43.4 Å². The van der Waals surface area contributed by atoms with Gasteiger partial charge < -0.3 is 14.8 Å². The number of carbonyl (C=O) groups is 2. The smallest absolute Gasteiger partial charge is 0.341 e. The number of hydrogen-bond donors (Lipinski definition) is 1. The lowest BCUT2D eigenvalue weighted by molar-refractivity contribution is 0.0388. The number of esters is 1. The van der Waals surface area contributed by atoms with E-state index in [0.29, 0.717) is 22.7 Å². The van der Waals surface area contributed by atoms with Crippen LogP contribution >= 0.6 is 11.3 Å².